The van der Waals surface area contributed by atoms with E-state index in [0.29, 0.717) is 28.8 Å². The van der Waals surface area contributed by atoms with Gasteiger partial charge >= 0.3 is 5.97 Å². The van der Waals surface area contributed by atoms with Crippen LogP contribution in [0.1, 0.15) is 36.7 Å². The number of esters is 1. The second-order valence-corrected chi connectivity index (χ2v) is 6.77. The van der Waals surface area contributed by atoms with Crippen molar-refractivity contribution in [2.75, 3.05) is 11.9 Å². The predicted octanol–water partition coefficient (Wildman–Crippen LogP) is 4.40. The first-order valence-electron chi connectivity index (χ1n) is 8.68. The molecule has 0 aliphatic carbocycles. The molecule has 0 unspecified atom stereocenters. The van der Waals surface area contributed by atoms with E-state index < -0.39 is 11.4 Å². The molecular weight excluding hydrogens is 347 g/mol. The van der Waals surface area contributed by atoms with Gasteiger partial charge in [-0.15, -0.1) is 0 Å². The van der Waals surface area contributed by atoms with Crippen molar-refractivity contribution >= 4 is 28.5 Å². The van der Waals surface area contributed by atoms with E-state index in [0.717, 1.165) is 5.52 Å². The molecule has 0 aliphatic rings. The largest absolute Gasteiger partial charge is 0.462 e. The van der Waals surface area contributed by atoms with Crippen LogP contribution in [0.15, 0.2) is 48.7 Å². The zero-order chi connectivity index (χ0) is 19.6. The summed E-state index contributed by atoms with van der Waals surface area (Å²) in [5.74, 6) is -0.998. The summed E-state index contributed by atoms with van der Waals surface area (Å²) < 4.78 is 18.6. The molecule has 1 amide bonds. The van der Waals surface area contributed by atoms with Crippen molar-refractivity contribution in [1.82, 2.24) is 4.98 Å². The Hall–Kier alpha value is -3.15. The van der Waals surface area contributed by atoms with Gasteiger partial charge in [0.25, 0.3) is 0 Å². The minimum absolute atomic E-state index is 0.239. The molecule has 1 heterocycles. The number of nitrogens with one attached hydrogen (secondary N) is 2. The van der Waals surface area contributed by atoms with E-state index in [1.807, 2.05) is 0 Å². The van der Waals surface area contributed by atoms with E-state index in [4.69, 9.17) is 4.74 Å². The average Bonchev–Trinajstić information content (AvgIpc) is 3.06. The number of hydrogen-bond acceptors (Lipinski definition) is 3. The van der Waals surface area contributed by atoms with Crippen LogP contribution >= 0.6 is 0 Å². The fourth-order valence-electron chi connectivity index (χ4n) is 2.92. The van der Waals surface area contributed by atoms with Crippen LogP contribution < -0.4 is 5.32 Å². The standard InChI is InChI=1S/C21H21FN2O3/c1-4-27-19(25)13-5-8-15(9-6-13)24-20(26)21(2,3)17-12-23-18-10-7-14(22)11-16(17)18/h5-12,23H,4H2,1-3H3,(H,24,26). The van der Waals surface area contributed by atoms with E-state index in [-0.39, 0.29) is 11.7 Å². The molecule has 2 N–H and O–H groups in total. The number of fused-ring (bicyclic) bond motifs is 1. The second kappa shape index (κ2) is 7.23. The summed E-state index contributed by atoms with van der Waals surface area (Å²) in [4.78, 5) is 27.6. The predicted molar refractivity (Wildman–Crippen MR) is 102 cm³/mol. The second-order valence-electron chi connectivity index (χ2n) is 6.77. The highest BCUT2D eigenvalue weighted by molar-refractivity contribution is 6.02. The van der Waals surface area contributed by atoms with E-state index in [1.165, 1.54) is 12.1 Å². The molecule has 3 rings (SSSR count). The lowest BCUT2D eigenvalue weighted by atomic mass is 9.83. The van der Waals surface area contributed by atoms with Crippen LogP contribution in [-0.2, 0) is 14.9 Å². The van der Waals surface area contributed by atoms with Crippen molar-refractivity contribution in [1.29, 1.82) is 0 Å². The van der Waals surface area contributed by atoms with Crippen molar-refractivity contribution in [2.24, 2.45) is 0 Å². The molecule has 6 heteroatoms. The molecule has 3 aromatic rings. The minimum atomic E-state index is -0.897. The number of benzene rings is 2. The van der Waals surface area contributed by atoms with Crippen molar-refractivity contribution in [3.05, 3.63) is 65.6 Å². The van der Waals surface area contributed by atoms with E-state index in [9.17, 15) is 14.0 Å². The number of carbonyl (C=O) groups is 2. The molecule has 5 nitrogen and oxygen atoms in total. The molecule has 0 bridgehead atoms. The lowest BCUT2D eigenvalue weighted by molar-refractivity contribution is -0.120. The highest BCUT2D eigenvalue weighted by Gasteiger charge is 2.32. The lowest BCUT2D eigenvalue weighted by Crippen LogP contribution is -2.34. The summed E-state index contributed by atoms with van der Waals surface area (Å²) >= 11 is 0. The summed E-state index contributed by atoms with van der Waals surface area (Å²) in [6.07, 6.45) is 1.73. The number of anilines is 1. The first-order valence-corrected chi connectivity index (χ1v) is 8.68. The maximum atomic E-state index is 13.6. The average molecular weight is 368 g/mol. The molecule has 0 atom stereocenters. The van der Waals surface area contributed by atoms with Gasteiger partial charge in [-0.05, 0) is 68.8 Å². The van der Waals surface area contributed by atoms with Gasteiger partial charge in [-0.3, -0.25) is 4.79 Å². The van der Waals surface area contributed by atoms with Crippen LogP contribution in [0, 0.1) is 5.82 Å². The normalized spacial score (nSPS) is 11.4. The maximum Gasteiger partial charge on any atom is 0.338 e. The number of halogens is 1. The quantitative estimate of drug-likeness (QED) is 0.656. The van der Waals surface area contributed by atoms with Gasteiger partial charge in [0.05, 0.1) is 17.6 Å². The zero-order valence-corrected chi connectivity index (χ0v) is 15.4. The lowest BCUT2D eigenvalue weighted by Gasteiger charge is -2.23. The van der Waals surface area contributed by atoms with Gasteiger partial charge in [-0.2, -0.15) is 0 Å². The molecule has 0 saturated heterocycles. The maximum absolute atomic E-state index is 13.6. The van der Waals surface area contributed by atoms with Gasteiger partial charge in [0.1, 0.15) is 5.82 Å². The number of hydrogen-bond donors (Lipinski definition) is 2. The van der Waals surface area contributed by atoms with Crippen LogP contribution in [0.2, 0.25) is 0 Å². The van der Waals surface area contributed by atoms with E-state index >= 15 is 0 Å². The monoisotopic (exact) mass is 368 g/mol. The van der Waals surface area contributed by atoms with Crippen LogP contribution in [0.25, 0.3) is 10.9 Å². The molecule has 27 heavy (non-hydrogen) atoms. The van der Waals surface area contributed by atoms with Gasteiger partial charge in [0, 0.05) is 22.8 Å². The number of carbonyl (C=O) groups excluding carboxylic acids is 2. The Morgan fingerprint density at radius 3 is 2.52 bits per heavy atom. The third kappa shape index (κ3) is 3.69. The fraction of sp³-hybridized carbons (Fsp3) is 0.238. The number of ether oxygens (including phenoxy) is 1. The van der Waals surface area contributed by atoms with Gasteiger partial charge in [0.15, 0.2) is 0 Å². The summed E-state index contributed by atoms with van der Waals surface area (Å²) in [5.41, 5.74) is 1.56. The number of H-pyrrole nitrogens is 1. The Labute approximate surface area is 156 Å². The van der Waals surface area contributed by atoms with Gasteiger partial charge in [-0.25, -0.2) is 9.18 Å². The third-order valence-electron chi connectivity index (χ3n) is 4.54. The molecule has 0 spiro atoms. The summed E-state index contributed by atoms with van der Waals surface area (Å²) in [7, 11) is 0. The summed E-state index contributed by atoms with van der Waals surface area (Å²) in [6, 6.07) is 10.9. The first-order chi connectivity index (χ1) is 12.8. The Balaban J connectivity index is 1.82. The molecule has 1 aromatic heterocycles. The van der Waals surface area contributed by atoms with Gasteiger partial charge in [0.2, 0.25) is 5.91 Å². The minimum Gasteiger partial charge on any atom is -0.462 e. The molecule has 2 aromatic carbocycles. The van der Waals surface area contributed by atoms with E-state index in [1.54, 1.807) is 57.3 Å². The van der Waals surface area contributed by atoms with Crippen LogP contribution in [-0.4, -0.2) is 23.5 Å². The molecule has 0 fully saturated rings. The Kier molecular flexibility index (Phi) is 4.99. The Bertz CT molecular complexity index is 990. The smallest absolute Gasteiger partial charge is 0.338 e. The molecular formula is C21H21FN2O3. The summed E-state index contributed by atoms with van der Waals surface area (Å²) in [5, 5.41) is 3.52. The fourth-order valence-corrected chi connectivity index (χ4v) is 2.92. The molecule has 0 radical (unpaired) electrons. The number of aromatic nitrogens is 1. The molecule has 140 valence electrons. The first kappa shape index (κ1) is 18.6. The van der Waals surface area contributed by atoms with Crippen molar-refractivity contribution in [3.8, 4) is 0 Å². The van der Waals surface area contributed by atoms with Crippen molar-refractivity contribution < 1.29 is 18.7 Å². The van der Waals surface area contributed by atoms with Crippen LogP contribution in [0.3, 0.4) is 0 Å². The number of amides is 1. The van der Waals surface area contributed by atoms with Crippen LogP contribution in [0.4, 0.5) is 10.1 Å². The number of aromatic amines is 1. The van der Waals surface area contributed by atoms with Crippen molar-refractivity contribution in [2.45, 2.75) is 26.2 Å². The number of rotatable bonds is 5. The van der Waals surface area contributed by atoms with Gasteiger partial charge < -0.3 is 15.0 Å². The molecule has 0 saturated carbocycles. The Morgan fingerprint density at radius 2 is 1.85 bits per heavy atom. The topological polar surface area (TPSA) is 71.2 Å². The van der Waals surface area contributed by atoms with Gasteiger partial charge in [-0.1, -0.05) is 0 Å². The Morgan fingerprint density at radius 1 is 1.15 bits per heavy atom. The zero-order valence-electron chi connectivity index (χ0n) is 15.4. The van der Waals surface area contributed by atoms with Crippen molar-refractivity contribution in [3.63, 3.8) is 0 Å². The highest BCUT2D eigenvalue weighted by Crippen LogP contribution is 2.32. The SMILES string of the molecule is CCOC(=O)c1ccc(NC(=O)C(C)(C)c2c[nH]c3ccc(F)cc23)cc1. The molecule has 0 aliphatic heterocycles. The highest BCUT2D eigenvalue weighted by atomic mass is 19.1. The van der Waals surface area contributed by atoms with E-state index in [2.05, 4.69) is 10.3 Å². The summed E-state index contributed by atoms with van der Waals surface area (Å²) in [6.45, 7) is 5.60. The third-order valence-corrected chi connectivity index (χ3v) is 4.54. The van der Waals surface area contributed by atoms with Crippen LogP contribution in [0.5, 0.6) is 0 Å².